The van der Waals surface area contributed by atoms with E-state index < -0.39 is 0 Å². The van der Waals surface area contributed by atoms with E-state index in [9.17, 15) is 0 Å². The maximum atomic E-state index is 5.38. The molecule has 0 N–H and O–H groups in total. The molecule has 1 unspecified atom stereocenters. The van der Waals surface area contributed by atoms with Gasteiger partial charge in [0.05, 0.1) is 12.5 Å². The molecule has 1 atom stereocenters. The van der Waals surface area contributed by atoms with Gasteiger partial charge in [0, 0.05) is 42.8 Å². The van der Waals surface area contributed by atoms with Crippen LogP contribution in [0.3, 0.4) is 0 Å². The van der Waals surface area contributed by atoms with Crippen LogP contribution in [0.4, 0.5) is 11.5 Å². The lowest BCUT2D eigenvalue weighted by molar-refractivity contribution is 0.414. The van der Waals surface area contributed by atoms with E-state index in [1.54, 1.807) is 13.4 Å². The van der Waals surface area contributed by atoms with Gasteiger partial charge in [-0.05, 0) is 42.9 Å². The Labute approximate surface area is 170 Å². The molecule has 3 aromatic rings. The number of aryl methyl sites for hydroxylation is 1. The molecule has 0 saturated carbocycles. The zero-order valence-corrected chi connectivity index (χ0v) is 17.3. The molecule has 0 bridgehead atoms. The predicted molar refractivity (Wildman–Crippen MR) is 116 cm³/mol. The number of piperazine rings is 1. The van der Waals surface area contributed by atoms with Crippen molar-refractivity contribution in [1.29, 1.82) is 0 Å². The van der Waals surface area contributed by atoms with Crippen molar-refractivity contribution in [1.82, 2.24) is 9.97 Å². The Balaban J connectivity index is 1.41. The van der Waals surface area contributed by atoms with Crippen molar-refractivity contribution in [2.75, 3.05) is 43.1 Å². The fraction of sp³-hybridized carbons (Fsp3) is 0.455. The number of methoxy groups -OCH3 is 1. The zero-order chi connectivity index (χ0) is 19.1. The molecule has 0 radical (unpaired) electrons. The van der Waals surface area contributed by atoms with Crippen molar-refractivity contribution < 1.29 is 4.74 Å². The van der Waals surface area contributed by atoms with Gasteiger partial charge in [0.25, 0.3) is 0 Å². The number of rotatable bonds is 3. The fourth-order valence-electron chi connectivity index (χ4n) is 4.49. The van der Waals surface area contributed by atoms with Crippen LogP contribution >= 0.6 is 11.3 Å². The minimum atomic E-state index is 0.753. The Hall–Kier alpha value is -2.34. The van der Waals surface area contributed by atoms with Crippen molar-refractivity contribution >= 4 is 33.1 Å². The van der Waals surface area contributed by atoms with Crippen molar-refractivity contribution in [2.45, 2.75) is 26.2 Å². The van der Waals surface area contributed by atoms with Crippen LogP contribution in [0.5, 0.6) is 5.75 Å². The Kier molecular flexibility index (Phi) is 4.59. The zero-order valence-electron chi connectivity index (χ0n) is 16.5. The molecular formula is C22H26N4OS. The van der Waals surface area contributed by atoms with Crippen LogP contribution in [0.25, 0.3) is 10.2 Å². The van der Waals surface area contributed by atoms with E-state index in [-0.39, 0.29) is 0 Å². The van der Waals surface area contributed by atoms with Crippen LogP contribution in [0.1, 0.15) is 23.8 Å². The second-order valence-electron chi connectivity index (χ2n) is 7.90. The van der Waals surface area contributed by atoms with Crippen molar-refractivity contribution in [3.8, 4) is 5.75 Å². The third-order valence-corrected chi connectivity index (χ3v) is 7.26. The van der Waals surface area contributed by atoms with Crippen LogP contribution in [0, 0.1) is 5.92 Å². The van der Waals surface area contributed by atoms with Gasteiger partial charge in [0.15, 0.2) is 0 Å². The van der Waals surface area contributed by atoms with E-state index in [2.05, 4.69) is 39.9 Å². The van der Waals surface area contributed by atoms with Crippen LogP contribution in [0.15, 0.2) is 30.6 Å². The Bertz CT molecular complexity index is 993. The van der Waals surface area contributed by atoms with Crippen molar-refractivity contribution in [2.24, 2.45) is 5.92 Å². The highest BCUT2D eigenvalue weighted by molar-refractivity contribution is 7.19. The molecule has 3 heterocycles. The highest BCUT2D eigenvalue weighted by Crippen LogP contribution is 2.40. The number of ether oxygens (including phenoxy) is 1. The number of anilines is 2. The maximum Gasteiger partial charge on any atom is 0.141 e. The lowest BCUT2D eigenvalue weighted by atomic mass is 9.88. The molecule has 1 aliphatic heterocycles. The first-order chi connectivity index (χ1) is 13.7. The summed E-state index contributed by atoms with van der Waals surface area (Å²) in [6.07, 6.45) is 5.40. The van der Waals surface area contributed by atoms with Gasteiger partial charge in [-0.3, -0.25) is 0 Å². The molecule has 5 nitrogen and oxygen atoms in total. The first-order valence-corrected chi connectivity index (χ1v) is 10.9. The average molecular weight is 395 g/mol. The van der Waals surface area contributed by atoms with E-state index in [1.165, 1.54) is 45.6 Å². The minimum absolute atomic E-state index is 0.753. The van der Waals surface area contributed by atoms with Gasteiger partial charge >= 0.3 is 0 Å². The van der Waals surface area contributed by atoms with Crippen LogP contribution < -0.4 is 14.5 Å². The van der Waals surface area contributed by atoms with Gasteiger partial charge in [0.2, 0.25) is 0 Å². The summed E-state index contributed by atoms with van der Waals surface area (Å²) < 4.78 is 5.38. The quantitative estimate of drug-likeness (QED) is 0.667. The monoisotopic (exact) mass is 394 g/mol. The smallest absolute Gasteiger partial charge is 0.141 e. The number of benzene rings is 1. The Morgan fingerprint density at radius 2 is 1.93 bits per heavy atom. The SMILES string of the molecule is COc1cccc(N2CCN(c3ncnc4sc5c(c34)CC(C)CC5)CC2)c1. The van der Waals surface area contributed by atoms with Crippen molar-refractivity contribution in [3.05, 3.63) is 41.0 Å². The summed E-state index contributed by atoms with van der Waals surface area (Å²) in [5.41, 5.74) is 2.75. The molecule has 1 saturated heterocycles. The summed E-state index contributed by atoms with van der Waals surface area (Å²) in [5.74, 6) is 2.81. The average Bonchev–Trinajstić information content (AvgIpc) is 3.12. The Morgan fingerprint density at radius 1 is 1.11 bits per heavy atom. The normalized spacial score (nSPS) is 19.7. The van der Waals surface area contributed by atoms with Gasteiger partial charge in [0.1, 0.15) is 22.7 Å². The van der Waals surface area contributed by atoms with Crippen LogP contribution in [0.2, 0.25) is 0 Å². The third-order valence-electron chi connectivity index (χ3n) is 6.07. The number of aromatic nitrogens is 2. The number of fused-ring (bicyclic) bond motifs is 3. The number of thiophene rings is 1. The third kappa shape index (κ3) is 3.09. The van der Waals surface area contributed by atoms with Gasteiger partial charge in [-0.25, -0.2) is 9.97 Å². The topological polar surface area (TPSA) is 41.5 Å². The lowest BCUT2D eigenvalue weighted by Gasteiger charge is -2.37. The van der Waals surface area contributed by atoms with Gasteiger partial charge in [-0.2, -0.15) is 0 Å². The molecule has 1 aliphatic carbocycles. The Morgan fingerprint density at radius 3 is 2.75 bits per heavy atom. The molecular weight excluding hydrogens is 368 g/mol. The summed E-state index contributed by atoms with van der Waals surface area (Å²) in [6.45, 7) is 6.29. The largest absolute Gasteiger partial charge is 0.497 e. The molecule has 1 aromatic carbocycles. The van der Waals surface area contributed by atoms with Gasteiger partial charge in [-0.15, -0.1) is 11.3 Å². The molecule has 0 amide bonds. The van der Waals surface area contributed by atoms with Crippen LogP contribution in [-0.4, -0.2) is 43.3 Å². The minimum Gasteiger partial charge on any atom is -0.497 e. The van der Waals surface area contributed by atoms with E-state index >= 15 is 0 Å². The van der Waals surface area contributed by atoms with E-state index in [4.69, 9.17) is 9.72 Å². The summed E-state index contributed by atoms with van der Waals surface area (Å²) in [4.78, 5) is 16.9. The van der Waals surface area contributed by atoms with E-state index in [1.807, 2.05) is 17.4 Å². The fourth-order valence-corrected chi connectivity index (χ4v) is 5.67. The summed E-state index contributed by atoms with van der Waals surface area (Å²) in [6, 6.07) is 8.35. The maximum absolute atomic E-state index is 5.38. The molecule has 6 heteroatoms. The first-order valence-electron chi connectivity index (χ1n) is 10.1. The standard InChI is InChI=1S/C22H26N4OS/c1-15-6-7-19-18(12-15)20-21(23-14-24-22(20)28-19)26-10-8-25(9-11-26)16-4-3-5-17(13-16)27-2/h3-5,13-15H,6-12H2,1-2H3. The van der Waals surface area contributed by atoms with E-state index in [0.29, 0.717) is 0 Å². The first kappa shape index (κ1) is 17.7. The molecule has 1 fully saturated rings. The van der Waals surface area contributed by atoms with Gasteiger partial charge < -0.3 is 14.5 Å². The summed E-state index contributed by atoms with van der Waals surface area (Å²) >= 11 is 1.88. The molecule has 2 aliphatic rings. The van der Waals surface area contributed by atoms with Crippen molar-refractivity contribution in [3.63, 3.8) is 0 Å². The second-order valence-corrected chi connectivity index (χ2v) is 8.99. The van der Waals surface area contributed by atoms with Gasteiger partial charge in [-0.1, -0.05) is 13.0 Å². The van der Waals surface area contributed by atoms with E-state index in [0.717, 1.165) is 43.7 Å². The number of hydrogen-bond acceptors (Lipinski definition) is 6. The molecule has 28 heavy (non-hydrogen) atoms. The number of hydrogen-bond donors (Lipinski definition) is 0. The van der Waals surface area contributed by atoms with Crippen LogP contribution in [-0.2, 0) is 12.8 Å². The number of nitrogens with zero attached hydrogens (tertiary/aromatic N) is 4. The lowest BCUT2D eigenvalue weighted by Crippen LogP contribution is -2.47. The summed E-state index contributed by atoms with van der Waals surface area (Å²) in [7, 11) is 1.72. The second kappa shape index (κ2) is 7.24. The molecule has 0 spiro atoms. The highest BCUT2D eigenvalue weighted by Gasteiger charge is 2.26. The molecule has 2 aromatic heterocycles. The highest BCUT2D eigenvalue weighted by atomic mass is 32.1. The predicted octanol–water partition coefficient (Wildman–Crippen LogP) is 4.15. The summed E-state index contributed by atoms with van der Waals surface area (Å²) in [5, 5.41) is 1.32. The molecule has 146 valence electrons. The molecule has 5 rings (SSSR count).